The first kappa shape index (κ1) is 12.7. The monoisotopic (exact) mass is 248 g/mol. The van der Waals surface area contributed by atoms with E-state index in [0.717, 1.165) is 17.2 Å². The van der Waals surface area contributed by atoms with Crippen molar-refractivity contribution in [1.82, 2.24) is 0 Å². The zero-order valence-corrected chi connectivity index (χ0v) is 10.3. The van der Waals surface area contributed by atoms with Gasteiger partial charge in [-0.25, -0.2) is 4.79 Å². The number of hydrogen-bond donors (Lipinski definition) is 0. The van der Waals surface area contributed by atoms with E-state index < -0.39 is 5.97 Å². The molecule has 0 aromatic heterocycles. The average Bonchev–Trinajstić information content (AvgIpc) is 2.47. The molecule has 0 saturated carbocycles. The van der Waals surface area contributed by atoms with E-state index in [1.807, 2.05) is 42.5 Å². The summed E-state index contributed by atoms with van der Waals surface area (Å²) in [5.41, 5.74) is 1.83. The Kier molecular flexibility index (Phi) is 4.15. The van der Waals surface area contributed by atoms with Gasteiger partial charge in [0.05, 0.1) is 0 Å². The summed E-state index contributed by atoms with van der Waals surface area (Å²) >= 11 is 0. The molecule has 0 radical (unpaired) electrons. The molecular weight excluding hydrogens is 236 g/mol. The minimum atomic E-state index is -0.469. The number of ether oxygens (including phenoxy) is 1. The molecule has 2 nitrogen and oxygen atoms in total. The molecule has 2 rings (SSSR count). The highest BCUT2D eigenvalue weighted by Gasteiger charge is 1.98. The molecule has 0 N–H and O–H groups in total. The second-order valence-electron chi connectivity index (χ2n) is 3.77. The molecule has 0 atom stereocenters. The van der Waals surface area contributed by atoms with Crippen LogP contribution in [-0.4, -0.2) is 5.97 Å². The first-order chi connectivity index (χ1) is 9.28. The van der Waals surface area contributed by atoms with E-state index in [1.165, 1.54) is 0 Å². The quantitative estimate of drug-likeness (QED) is 0.353. The fourth-order valence-electron chi connectivity index (χ4n) is 1.43. The van der Waals surface area contributed by atoms with Crippen LogP contribution in [0.15, 0.2) is 67.3 Å². The third-order valence-corrected chi connectivity index (χ3v) is 2.36. The van der Waals surface area contributed by atoms with Crippen LogP contribution in [0, 0.1) is 11.8 Å². The summed E-state index contributed by atoms with van der Waals surface area (Å²) in [6.45, 7) is 3.34. The van der Waals surface area contributed by atoms with Gasteiger partial charge in [-0.3, -0.25) is 0 Å². The Morgan fingerprint density at radius 3 is 2.11 bits per heavy atom. The molecule has 0 saturated heterocycles. The predicted octanol–water partition coefficient (Wildman–Crippen LogP) is 3.18. The average molecular weight is 248 g/mol. The Morgan fingerprint density at radius 2 is 1.53 bits per heavy atom. The van der Waals surface area contributed by atoms with Crippen LogP contribution in [0.5, 0.6) is 5.75 Å². The van der Waals surface area contributed by atoms with Crippen LogP contribution in [-0.2, 0) is 4.79 Å². The summed E-state index contributed by atoms with van der Waals surface area (Å²) in [5.74, 6) is 6.12. The number of benzene rings is 2. The molecule has 0 fully saturated rings. The van der Waals surface area contributed by atoms with Crippen molar-refractivity contribution >= 4 is 5.97 Å². The topological polar surface area (TPSA) is 26.3 Å². The molecule has 0 unspecified atom stereocenters. The first-order valence-electron chi connectivity index (χ1n) is 5.79. The van der Waals surface area contributed by atoms with Gasteiger partial charge in [-0.1, -0.05) is 36.6 Å². The summed E-state index contributed by atoms with van der Waals surface area (Å²) < 4.78 is 4.98. The summed E-state index contributed by atoms with van der Waals surface area (Å²) in [6.07, 6.45) is 1.13. The van der Waals surface area contributed by atoms with Crippen LogP contribution in [0.3, 0.4) is 0 Å². The van der Waals surface area contributed by atoms with Gasteiger partial charge in [0, 0.05) is 17.2 Å². The molecule has 0 aliphatic carbocycles. The highest BCUT2D eigenvalue weighted by Crippen LogP contribution is 2.12. The molecule has 0 aliphatic heterocycles. The second-order valence-corrected chi connectivity index (χ2v) is 3.77. The van der Waals surface area contributed by atoms with Crippen molar-refractivity contribution in [2.45, 2.75) is 0 Å². The third-order valence-electron chi connectivity index (χ3n) is 2.36. The standard InChI is InChI=1S/C17H12O2/c1-2-17(18)19-16-12-10-15(11-13-16)9-8-14-6-4-3-5-7-14/h2-7,10-13H,1H2. The maximum Gasteiger partial charge on any atom is 0.335 e. The number of esters is 1. The van der Waals surface area contributed by atoms with Crippen LogP contribution in [0.2, 0.25) is 0 Å². The van der Waals surface area contributed by atoms with E-state index in [9.17, 15) is 4.79 Å². The van der Waals surface area contributed by atoms with Gasteiger partial charge >= 0.3 is 5.97 Å². The predicted molar refractivity (Wildman–Crippen MR) is 74.7 cm³/mol. The molecule has 0 bridgehead atoms. The fraction of sp³-hybridized carbons (Fsp3) is 0. The molecule has 2 aromatic carbocycles. The lowest BCUT2D eigenvalue weighted by atomic mass is 10.2. The van der Waals surface area contributed by atoms with Gasteiger partial charge in [0.15, 0.2) is 0 Å². The zero-order chi connectivity index (χ0) is 13.5. The zero-order valence-electron chi connectivity index (χ0n) is 10.3. The summed E-state index contributed by atoms with van der Waals surface area (Å²) in [4.78, 5) is 11.0. The largest absolute Gasteiger partial charge is 0.423 e. The van der Waals surface area contributed by atoms with E-state index in [4.69, 9.17) is 4.74 Å². The smallest absolute Gasteiger partial charge is 0.335 e. The summed E-state index contributed by atoms with van der Waals surface area (Å²) in [5, 5.41) is 0. The lowest BCUT2D eigenvalue weighted by molar-refractivity contribution is -0.128. The highest BCUT2D eigenvalue weighted by atomic mass is 16.5. The molecular formula is C17H12O2. The molecule has 19 heavy (non-hydrogen) atoms. The normalized spacial score (nSPS) is 9.05. The van der Waals surface area contributed by atoms with Crippen molar-refractivity contribution in [2.24, 2.45) is 0 Å². The van der Waals surface area contributed by atoms with Crippen LogP contribution < -0.4 is 4.74 Å². The van der Waals surface area contributed by atoms with Gasteiger partial charge in [-0.15, -0.1) is 0 Å². The van der Waals surface area contributed by atoms with Crippen molar-refractivity contribution in [3.63, 3.8) is 0 Å². The highest BCUT2D eigenvalue weighted by molar-refractivity contribution is 5.83. The second kappa shape index (κ2) is 6.23. The number of carbonyl (C=O) groups excluding carboxylic acids is 1. The van der Waals surface area contributed by atoms with Crippen molar-refractivity contribution in [1.29, 1.82) is 0 Å². The minimum absolute atomic E-state index is 0.469. The maximum absolute atomic E-state index is 11.0. The Labute approximate surface area is 112 Å². The van der Waals surface area contributed by atoms with E-state index in [2.05, 4.69) is 18.4 Å². The molecule has 0 spiro atoms. The van der Waals surface area contributed by atoms with Crippen LogP contribution in [0.25, 0.3) is 0 Å². The minimum Gasteiger partial charge on any atom is -0.423 e. The van der Waals surface area contributed by atoms with Gasteiger partial charge in [0.25, 0.3) is 0 Å². The van der Waals surface area contributed by atoms with Crippen LogP contribution >= 0.6 is 0 Å². The first-order valence-corrected chi connectivity index (χ1v) is 5.79. The van der Waals surface area contributed by atoms with Crippen molar-refractivity contribution in [3.05, 3.63) is 78.4 Å². The van der Waals surface area contributed by atoms with Crippen molar-refractivity contribution in [3.8, 4) is 17.6 Å². The van der Waals surface area contributed by atoms with Crippen LogP contribution in [0.4, 0.5) is 0 Å². The number of hydrogen-bond acceptors (Lipinski definition) is 2. The van der Waals surface area contributed by atoms with Crippen LogP contribution in [0.1, 0.15) is 11.1 Å². The Hall–Kier alpha value is -2.79. The Morgan fingerprint density at radius 1 is 0.947 bits per heavy atom. The third kappa shape index (κ3) is 3.86. The lowest BCUT2D eigenvalue weighted by Crippen LogP contribution is -2.02. The van der Waals surface area contributed by atoms with Gasteiger partial charge < -0.3 is 4.74 Å². The lowest BCUT2D eigenvalue weighted by Gasteiger charge is -2.00. The molecule has 2 heteroatoms. The van der Waals surface area contributed by atoms with Crippen molar-refractivity contribution < 1.29 is 9.53 Å². The Bertz CT molecular complexity index is 628. The van der Waals surface area contributed by atoms with E-state index in [0.29, 0.717) is 5.75 Å². The fourth-order valence-corrected chi connectivity index (χ4v) is 1.43. The summed E-state index contributed by atoms with van der Waals surface area (Å²) in [7, 11) is 0. The summed E-state index contributed by atoms with van der Waals surface area (Å²) in [6, 6.07) is 16.8. The SMILES string of the molecule is C=CC(=O)Oc1ccc(C#Cc2ccccc2)cc1. The number of rotatable bonds is 2. The van der Waals surface area contributed by atoms with Gasteiger partial charge in [-0.05, 0) is 36.4 Å². The molecule has 2 aromatic rings. The maximum atomic E-state index is 11.0. The molecule has 0 heterocycles. The molecule has 0 aliphatic rings. The molecule has 92 valence electrons. The van der Waals surface area contributed by atoms with E-state index in [1.54, 1.807) is 12.1 Å². The van der Waals surface area contributed by atoms with E-state index in [-0.39, 0.29) is 0 Å². The van der Waals surface area contributed by atoms with Gasteiger partial charge in [0.2, 0.25) is 0 Å². The molecule has 0 amide bonds. The number of carbonyl (C=O) groups is 1. The van der Waals surface area contributed by atoms with Gasteiger partial charge in [-0.2, -0.15) is 0 Å². The van der Waals surface area contributed by atoms with E-state index >= 15 is 0 Å². The van der Waals surface area contributed by atoms with Gasteiger partial charge in [0.1, 0.15) is 5.75 Å². The van der Waals surface area contributed by atoms with Crippen molar-refractivity contribution in [2.75, 3.05) is 0 Å². The Balaban J connectivity index is 2.09.